The van der Waals surface area contributed by atoms with Crippen LogP contribution in [-0.2, 0) is 6.18 Å². The number of pyridine rings is 2. The molecule has 26 heavy (non-hydrogen) atoms. The van der Waals surface area contributed by atoms with Crippen LogP contribution in [-0.4, -0.2) is 29.7 Å². The summed E-state index contributed by atoms with van der Waals surface area (Å²) in [6, 6.07) is 7.91. The highest BCUT2D eigenvalue weighted by atomic mass is 19.4. The van der Waals surface area contributed by atoms with E-state index < -0.39 is 11.9 Å². The Bertz CT molecular complexity index is 786. The Morgan fingerprint density at radius 2 is 2.12 bits per heavy atom. The van der Waals surface area contributed by atoms with Gasteiger partial charge in [-0.1, -0.05) is 0 Å². The number of halogens is 3. The highest BCUT2D eigenvalue weighted by Gasteiger charge is 2.32. The minimum Gasteiger partial charge on any atom is -0.493 e. The molecule has 1 aliphatic heterocycles. The molecular formula is C18H17F3N4O. The summed E-state index contributed by atoms with van der Waals surface area (Å²) in [7, 11) is 0. The minimum atomic E-state index is -4.48. The molecule has 0 bridgehead atoms. The van der Waals surface area contributed by atoms with Crippen LogP contribution in [0.3, 0.4) is 0 Å². The van der Waals surface area contributed by atoms with E-state index in [1.165, 1.54) is 12.3 Å². The van der Waals surface area contributed by atoms with Crippen molar-refractivity contribution in [1.82, 2.24) is 9.97 Å². The SMILES string of the molecule is N#Cc1ccc(N2CCCC(COc3ccnc(C(F)(F)F)c3)C2)nc1. The van der Waals surface area contributed by atoms with Gasteiger partial charge in [0, 0.05) is 37.5 Å². The Kier molecular flexibility index (Phi) is 5.26. The maximum absolute atomic E-state index is 12.7. The number of hydrogen-bond donors (Lipinski definition) is 0. The van der Waals surface area contributed by atoms with Crippen LogP contribution in [0.1, 0.15) is 24.1 Å². The number of ether oxygens (including phenoxy) is 1. The molecule has 0 N–H and O–H groups in total. The van der Waals surface area contributed by atoms with Gasteiger partial charge in [-0.15, -0.1) is 0 Å². The monoisotopic (exact) mass is 362 g/mol. The van der Waals surface area contributed by atoms with Crippen LogP contribution >= 0.6 is 0 Å². The van der Waals surface area contributed by atoms with Crippen molar-refractivity contribution < 1.29 is 17.9 Å². The second kappa shape index (κ2) is 7.60. The number of nitriles is 1. The largest absolute Gasteiger partial charge is 0.493 e. The van der Waals surface area contributed by atoms with Gasteiger partial charge in [0.15, 0.2) is 0 Å². The van der Waals surface area contributed by atoms with Gasteiger partial charge in [-0.05, 0) is 31.0 Å². The molecule has 1 unspecified atom stereocenters. The first-order chi connectivity index (χ1) is 12.5. The Morgan fingerprint density at radius 3 is 2.81 bits per heavy atom. The first-order valence-electron chi connectivity index (χ1n) is 8.23. The molecule has 3 heterocycles. The minimum absolute atomic E-state index is 0.168. The first-order valence-corrected chi connectivity index (χ1v) is 8.23. The second-order valence-corrected chi connectivity index (χ2v) is 6.16. The van der Waals surface area contributed by atoms with Crippen molar-refractivity contribution in [3.05, 3.63) is 47.9 Å². The molecule has 0 aromatic carbocycles. The molecule has 0 amide bonds. The van der Waals surface area contributed by atoms with Crippen molar-refractivity contribution in [1.29, 1.82) is 5.26 Å². The maximum atomic E-state index is 12.7. The quantitative estimate of drug-likeness (QED) is 0.831. The van der Waals surface area contributed by atoms with Crippen molar-refractivity contribution in [2.75, 3.05) is 24.6 Å². The van der Waals surface area contributed by atoms with Crippen molar-refractivity contribution in [3.8, 4) is 11.8 Å². The van der Waals surface area contributed by atoms with E-state index in [1.807, 2.05) is 6.07 Å². The van der Waals surface area contributed by atoms with Crippen LogP contribution in [0.5, 0.6) is 5.75 Å². The smallest absolute Gasteiger partial charge is 0.433 e. The molecule has 0 spiro atoms. The molecule has 5 nitrogen and oxygen atoms in total. The molecule has 0 aliphatic carbocycles. The molecule has 8 heteroatoms. The number of rotatable bonds is 4. The van der Waals surface area contributed by atoms with E-state index in [4.69, 9.17) is 10.00 Å². The first kappa shape index (κ1) is 18.0. The summed E-state index contributed by atoms with van der Waals surface area (Å²) >= 11 is 0. The predicted octanol–water partition coefficient (Wildman–Crippen LogP) is 3.66. The van der Waals surface area contributed by atoms with E-state index in [-0.39, 0.29) is 11.7 Å². The molecule has 2 aromatic heterocycles. The van der Waals surface area contributed by atoms with Crippen LogP contribution in [0.15, 0.2) is 36.7 Å². The molecule has 0 saturated carbocycles. The number of hydrogen-bond acceptors (Lipinski definition) is 5. The standard InChI is InChI=1S/C18H17F3N4O/c19-18(20,21)16-8-15(5-6-23-16)26-12-14-2-1-7-25(11-14)17-4-3-13(9-22)10-24-17/h3-6,8,10,14H,1-2,7,11-12H2. The molecule has 0 radical (unpaired) electrons. The van der Waals surface area contributed by atoms with Crippen LogP contribution in [0.2, 0.25) is 0 Å². The third-order valence-corrected chi connectivity index (χ3v) is 4.23. The lowest BCUT2D eigenvalue weighted by Gasteiger charge is -2.33. The fourth-order valence-corrected chi connectivity index (χ4v) is 2.92. The van der Waals surface area contributed by atoms with E-state index in [0.29, 0.717) is 18.7 Å². The van der Waals surface area contributed by atoms with Gasteiger partial charge in [0.2, 0.25) is 0 Å². The lowest BCUT2D eigenvalue weighted by atomic mass is 9.99. The fraction of sp³-hybridized carbons (Fsp3) is 0.389. The van der Waals surface area contributed by atoms with E-state index >= 15 is 0 Å². The van der Waals surface area contributed by atoms with Gasteiger partial charge in [0.05, 0.1) is 12.2 Å². The molecule has 1 atom stereocenters. The van der Waals surface area contributed by atoms with Gasteiger partial charge in [0.1, 0.15) is 23.3 Å². The van der Waals surface area contributed by atoms with Crippen molar-refractivity contribution in [2.24, 2.45) is 5.92 Å². The Balaban J connectivity index is 1.59. The summed E-state index contributed by atoms with van der Waals surface area (Å²) in [6.07, 6.45) is 0.0309. The summed E-state index contributed by atoms with van der Waals surface area (Å²) in [6.45, 7) is 1.88. The van der Waals surface area contributed by atoms with Crippen molar-refractivity contribution in [3.63, 3.8) is 0 Å². The molecule has 3 rings (SSSR count). The highest BCUT2D eigenvalue weighted by Crippen LogP contribution is 2.30. The second-order valence-electron chi connectivity index (χ2n) is 6.16. The normalized spacial score (nSPS) is 17.6. The van der Waals surface area contributed by atoms with Crippen LogP contribution in [0.4, 0.5) is 19.0 Å². The summed E-state index contributed by atoms with van der Waals surface area (Å²) in [4.78, 5) is 9.72. The fourth-order valence-electron chi connectivity index (χ4n) is 2.92. The van der Waals surface area contributed by atoms with Gasteiger partial charge in [0.25, 0.3) is 0 Å². The predicted molar refractivity (Wildman–Crippen MR) is 88.6 cm³/mol. The number of aromatic nitrogens is 2. The van der Waals surface area contributed by atoms with Crippen LogP contribution in [0.25, 0.3) is 0 Å². The van der Waals surface area contributed by atoms with E-state index in [2.05, 4.69) is 14.9 Å². The zero-order valence-corrected chi connectivity index (χ0v) is 13.9. The third-order valence-electron chi connectivity index (χ3n) is 4.23. The average Bonchev–Trinajstić information content (AvgIpc) is 2.66. The highest BCUT2D eigenvalue weighted by molar-refractivity contribution is 5.42. The Hall–Kier alpha value is -2.82. The van der Waals surface area contributed by atoms with Gasteiger partial charge in [-0.25, -0.2) is 4.98 Å². The summed E-state index contributed by atoms with van der Waals surface area (Å²) in [5.41, 5.74) is -0.453. The van der Waals surface area contributed by atoms with E-state index in [0.717, 1.165) is 37.5 Å². The summed E-state index contributed by atoms with van der Waals surface area (Å²) < 4.78 is 43.7. The number of anilines is 1. The Morgan fingerprint density at radius 1 is 1.27 bits per heavy atom. The molecule has 1 fully saturated rings. The number of alkyl halides is 3. The van der Waals surface area contributed by atoms with Gasteiger partial charge in [-0.3, -0.25) is 4.98 Å². The topological polar surface area (TPSA) is 62.0 Å². The molecule has 1 aliphatic rings. The lowest BCUT2D eigenvalue weighted by Crippen LogP contribution is -2.38. The molecule has 1 saturated heterocycles. The molecule has 136 valence electrons. The number of piperidine rings is 1. The van der Waals surface area contributed by atoms with Gasteiger partial charge in [-0.2, -0.15) is 18.4 Å². The third kappa shape index (κ3) is 4.42. The van der Waals surface area contributed by atoms with Crippen molar-refractivity contribution >= 4 is 5.82 Å². The van der Waals surface area contributed by atoms with Gasteiger partial charge < -0.3 is 9.64 Å². The number of nitrogens with zero attached hydrogens (tertiary/aromatic N) is 4. The van der Waals surface area contributed by atoms with Crippen molar-refractivity contribution in [2.45, 2.75) is 19.0 Å². The summed E-state index contributed by atoms with van der Waals surface area (Å²) in [5, 5.41) is 8.83. The average molecular weight is 362 g/mol. The maximum Gasteiger partial charge on any atom is 0.433 e. The molecule has 2 aromatic rings. The Labute approximate surface area is 149 Å². The van der Waals surface area contributed by atoms with Crippen LogP contribution < -0.4 is 9.64 Å². The molecular weight excluding hydrogens is 345 g/mol. The van der Waals surface area contributed by atoms with E-state index in [1.54, 1.807) is 12.1 Å². The zero-order chi connectivity index (χ0) is 18.6. The summed E-state index contributed by atoms with van der Waals surface area (Å²) in [5.74, 6) is 1.14. The lowest BCUT2D eigenvalue weighted by molar-refractivity contribution is -0.141. The van der Waals surface area contributed by atoms with Gasteiger partial charge >= 0.3 is 6.18 Å². The van der Waals surface area contributed by atoms with E-state index in [9.17, 15) is 13.2 Å². The van der Waals surface area contributed by atoms with Crippen LogP contribution in [0, 0.1) is 17.2 Å². The zero-order valence-electron chi connectivity index (χ0n) is 13.9.